The minimum absolute atomic E-state index is 0.0987. The van der Waals surface area contributed by atoms with Crippen LogP contribution < -0.4 is 5.32 Å². The van der Waals surface area contributed by atoms with Crippen molar-refractivity contribution in [2.75, 3.05) is 26.7 Å². The number of carbonyl (C=O) groups is 3. The Balaban J connectivity index is 1.84. The quantitative estimate of drug-likeness (QED) is 0.499. The molecule has 1 N–H and O–H groups in total. The van der Waals surface area contributed by atoms with Crippen LogP contribution in [0.2, 0.25) is 0 Å². The standard InChI is InChI=1S/C26H35N3O6/c1-29-18-23(31)35-26(16-17-33-20-26)15-11-6-4-2-3-5-10-14-22(30)27-24(29)28-25(32)34-19-21-12-8-7-9-13-21/h4,6-9,12-13H,2-3,5,10-11,14-20H2,1H3,(H,27,28,30,32)/b6-4+/i1D3. The summed E-state index contributed by atoms with van der Waals surface area (Å²) in [4.78, 5) is 42.5. The minimum atomic E-state index is -2.92. The molecule has 1 fully saturated rings. The van der Waals surface area contributed by atoms with E-state index >= 15 is 0 Å². The van der Waals surface area contributed by atoms with E-state index in [2.05, 4.69) is 16.4 Å². The fourth-order valence-corrected chi connectivity index (χ4v) is 3.88. The molecule has 9 nitrogen and oxygen atoms in total. The number of amides is 2. The summed E-state index contributed by atoms with van der Waals surface area (Å²) in [6.07, 6.45) is 7.93. The number of hydrogen-bond donors (Lipinski definition) is 1. The molecule has 1 saturated heterocycles. The number of likely N-dealkylation sites (N-methyl/N-ethyl adjacent to an activating group) is 1. The van der Waals surface area contributed by atoms with Crippen molar-refractivity contribution in [2.45, 2.75) is 63.6 Å². The molecule has 0 radical (unpaired) electrons. The Hall–Kier alpha value is -3.20. The molecular weight excluding hydrogens is 450 g/mol. The molecule has 190 valence electrons. The number of hydrogen-bond acceptors (Lipinski definition) is 6. The van der Waals surface area contributed by atoms with Gasteiger partial charge in [0.1, 0.15) is 18.8 Å². The second-order valence-corrected chi connectivity index (χ2v) is 8.68. The van der Waals surface area contributed by atoms with Gasteiger partial charge in [0.15, 0.2) is 0 Å². The first-order chi connectivity index (χ1) is 18.2. The summed E-state index contributed by atoms with van der Waals surface area (Å²) in [6, 6.07) is 8.87. The third kappa shape index (κ3) is 9.16. The molecule has 9 heteroatoms. The molecular formula is C26H35N3O6. The lowest BCUT2D eigenvalue weighted by Gasteiger charge is -2.29. The molecule has 2 aliphatic heterocycles. The van der Waals surface area contributed by atoms with E-state index in [1.165, 1.54) is 0 Å². The van der Waals surface area contributed by atoms with Gasteiger partial charge in [-0.25, -0.2) is 4.79 Å². The molecule has 1 aromatic rings. The Bertz CT molecular complexity index is 1010. The van der Waals surface area contributed by atoms with Crippen LogP contribution in [0.4, 0.5) is 4.79 Å². The molecule has 1 spiro atoms. The van der Waals surface area contributed by atoms with E-state index in [4.69, 9.17) is 18.3 Å². The number of nitrogens with one attached hydrogen (secondary N) is 1. The lowest BCUT2D eigenvalue weighted by molar-refractivity contribution is -0.160. The minimum Gasteiger partial charge on any atom is -0.455 e. The Labute approximate surface area is 210 Å². The Morgan fingerprint density at radius 3 is 2.77 bits per heavy atom. The van der Waals surface area contributed by atoms with Crippen molar-refractivity contribution >= 4 is 23.9 Å². The Morgan fingerprint density at radius 1 is 1.17 bits per heavy atom. The normalized spacial score (nSPS) is 26.7. The highest BCUT2D eigenvalue weighted by Crippen LogP contribution is 2.29. The van der Waals surface area contributed by atoms with Gasteiger partial charge in [-0.3, -0.25) is 14.9 Å². The van der Waals surface area contributed by atoms with Gasteiger partial charge in [0.05, 0.1) is 13.2 Å². The number of carbonyl (C=O) groups excluding carboxylic acids is 3. The molecule has 35 heavy (non-hydrogen) atoms. The van der Waals surface area contributed by atoms with Gasteiger partial charge in [0.2, 0.25) is 11.9 Å². The molecule has 0 saturated carbocycles. The van der Waals surface area contributed by atoms with Crippen molar-refractivity contribution in [3.05, 3.63) is 48.0 Å². The van der Waals surface area contributed by atoms with Gasteiger partial charge in [-0.2, -0.15) is 0 Å². The van der Waals surface area contributed by atoms with Crippen molar-refractivity contribution in [1.82, 2.24) is 10.2 Å². The number of guanidine groups is 1. The molecule has 2 aliphatic rings. The fourth-order valence-electron chi connectivity index (χ4n) is 3.88. The van der Waals surface area contributed by atoms with E-state index in [9.17, 15) is 14.4 Å². The molecule has 2 heterocycles. The Kier molecular flexibility index (Phi) is 8.67. The predicted molar refractivity (Wildman–Crippen MR) is 131 cm³/mol. The summed E-state index contributed by atoms with van der Waals surface area (Å²) >= 11 is 0. The van der Waals surface area contributed by atoms with Crippen LogP contribution >= 0.6 is 0 Å². The van der Waals surface area contributed by atoms with Crippen LogP contribution in [-0.4, -0.2) is 61.2 Å². The second kappa shape index (κ2) is 13.6. The monoisotopic (exact) mass is 488 g/mol. The molecule has 0 aliphatic carbocycles. The number of nitrogens with zero attached hydrogens (tertiary/aromatic N) is 2. The van der Waals surface area contributed by atoms with Gasteiger partial charge < -0.3 is 19.1 Å². The zero-order valence-corrected chi connectivity index (χ0v) is 19.9. The summed E-state index contributed by atoms with van der Waals surface area (Å²) in [5.74, 6) is -1.95. The molecule has 1 unspecified atom stereocenters. The molecule has 0 aromatic heterocycles. The van der Waals surface area contributed by atoms with Crippen molar-refractivity contribution < 1.29 is 32.7 Å². The van der Waals surface area contributed by atoms with E-state index in [1.807, 2.05) is 12.1 Å². The van der Waals surface area contributed by atoms with E-state index in [1.54, 1.807) is 24.3 Å². The highest BCUT2D eigenvalue weighted by molar-refractivity contribution is 6.01. The fraction of sp³-hybridized carbons (Fsp3) is 0.538. The number of aliphatic imine (C=N–C) groups is 1. The maximum atomic E-state index is 13.0. The largest absolute Gasteiger partial charge is 0.455 e. The number of ether oxygens (including phenoxy) is 3. The van der Waals surface area contributed by atoms with Crippen LogP contribution in [0, 0.1) is 0 Å². The van der Waals surface area contributed by atoms with E-state index < -0.39 is 43.1 Å². The summed E-state index contributed by atoms with van der Waals surface area (Å²) in [5.41, 5.74) is -0.167. The average Bonchev–Trinajstić information content (AvgIpc) is 3.32. The zero-order valence-electron chi connectivity index (χ0n) is 22.9. The average molecular weight is 489 g/mol. The molecule has 1 atom stereocenters. The third-order valence-corrected chi connectivity index (χ3v) is 5.80. The van der Waals surface area contributed by atoms with Gasteiger partial charge in [-0.05, 0) is 37.7 Å². The van der Waals surface area contributed by atoms with Gasteiger partial charge in [-0.15, -0.1) is 4.99 Å². The smallest absolute Gasteiger partial charge is 0.437 e. The summed E-state index contributed by atoms with van der Waals surface area (Å²) < 4.78 is 40.4. The number of benzene rings is 1. The van der Waals surface area contributed by atoms with Crippen LogP contribution in [0.1, 0.15) is 61.0 Å². The van der Waals surface area contributed by atoms with Crippen molar-refractivity contribution in [1.29, 1.82) is 0 Å². The van der Waals surface area contributed by atoms with Gasteiger partial charge in [0.25, 0.3) is 0 Å². The summed E-state index contributed by atoms with van der Waals surface area (Å²) in [5, 5.41) is 2.41. The van der Waals surface area contributed by atoms with Gasteiger partial charge >= 0.3 is 12.1 Å². The van der Waals surface area contributed by atoms with Crippen LogP contribution in [-0.2, 0) is 30.4 Å². The van der Waals surface area contributed by atoms with Crippen LogP contribution in [0.25, 0.3) is 0 Å². The highest BCUT2D eigenvalue weighted by atomic mass is 16.6. The van der Waals surface area contributed by atoms with Crippen molar-refractivity contribution in [3.8, 4) is 0 Å². The van der Waals surface area contributed by atoms with E-state index in [0.717, 1.165) is 19.3 Å². The first-order valence-corrected chi connectivity index (χ1v) is 12.0. The van der Waals surface area contributed by atoms with E-state index in [-0.39, 0.29) is 19.6 Å². The molecule has 3 rings (SSSR count). The van der Waals surface area contributed by atoms with Crippen LogP contribution in [0.5, 0.6) is 0 Å². The Morgan fingerprint density at radius 2 is 2.00 bits per heavy atom. The highest BCUT2D eigenvalue weighted by Gasteiger charge is 2.38. The number of esters is 1. The van der Waals surface area contributed by atoms with Crippen molar-refractivity contribution in [3.63, 3.8) is 0 Å². The summed E-state index contributed by atoms with van der Waals surface area (Å²) in [6.45, 7) is -3.15. The number of rotatable bonds is 2. The first kappa shape index (κ1) is 22.3. The SMILES string of the molecule is [2H]C([2H])([2H])N1CC(=O)OC2(CC/C=C/CCCCCC(=O)N/C1=N/C(=O)OCc1ccccc1)CCOC2. The van der Waals surface area contributed by atoms with E-state index in [0.29, 0.717) is 42.8 Å². The van der Waals surface area contributed by atoms with Gasteiger partial charge in [-0.1, -0.05) is 48.9 Å². The van der Waals surface area contributed by atoms with Crippen LogP contribution in [0.15, 0.2) is 47.5 Å². The second-order valence-electron chi connectivity index (χ2n) is 8.68. The first-order valence-electron chi connectivity index (χ1n) is 13.5. The lowest BCUT2D eigenvalue weighted by Crippen LogP contribution is -2.46. The number of allylic oxidation sites excluding steroid dienone is 2. The molecule has 0 bridgehead atoms. The van der Waals surface area contributed by atoms with Gasteiger partial charge in [0, 0.05) is 23.9 Å². The van der Waals surface area contributed by atoms with Crippen LogP contribution in [0.3, 0.4) is 0 Å². The molecule has 1 aromatic carbocycles. The topological polar surface area (TPSA) is 107 Å². The maximum absolute atomic E-state index is 13.0. The summed E-state index contributed by atoms with van der Waals surface area (Å²) in [7, 11) is 0. The van der Waals surface area contributed by atoms with Crippen molar-refractivity contribution in [2.24, 2.45) is 4.99 Å². The molecule has 2 amide bonds. The zero-order chi connectivity index (χ0) is 27.4. The third-order valence-electron chi connectivity index (χ3n) is 5.80. The lowest BCUT2D eigenvalue weighted by atomic mass is 9.96. The predicted octanol–water partition coefficient (Wildman–Crippen LogP) is 3.73. The maximum Gasteiger partial charge on any atom is 0.437 e.